The van der Waals surface area contributed by atoms with E-state index >= 15 is 0 Å². The zero-order chi connectivity index (χ0) is 23.2. The van der Waals surface area contributed by atoms with E-state index in [4.69, 9.17) is 4.74 Å². The topological polar surface area (TPSA) is 89.5 Å². The maximum absolute atomic E-state index is 14.4. The van der Waals surface area contributed by atoms with E-state index in [1.54, 1.807) is 72.8 Å². The third kappa shape index (κ3) is 5.36. The molecule has 0 saturated heterocycles. The van der Waals surface area contributed by atoms with Crippen LogP contribution in [0.2, 0.25) is 0 Å². The van der Waals surface area contributed by atoms with Crippen molar-refractivity contribution in [2.45, 2.75) is 30.0 Å². The third-order valence-corrected chi connectivity index (χ3v) is 10.1. The Kier molecular flexibility index (Phi) is 7.67. The van der Waals surface area contributed by atoms with E-state index in [9.17, 15) is 17.8 Å². The lowest BCUT2D eigenvalue weighted by molar-refractivity contribution is -0.140. The van der Waals surface area contributed by atoms with Gasteiger partial charge in [-0.1, -0.05) is 54.1 Å². The van der Waals surface area contributed by atoms with Gasteiger partial charge in [0.25, 0.3) is 0 Å². The number of carbonyl (C=O) groups excluding carboxylic acids is 1. The van der Waals surface area contributed by atoms with E-state index in [2.05, 4.69) is 5.09 Å². The van der Waals surface area contributed by atoms with Crippen LogP contribution in [-0.2, 0) is 23.9 Å². The van der Waals surface area contributed by atoms with E-state index < -0.39 is 28.5 Å². The SMILES string of the molecule is COC(=O)CCC(NP(=O)(c1ccccc1)c1ccccc1)S(=O)(=O)c1ccc(C)cc1. The number of esters is 1. The van der Waals surface area contributed by atoms with Crippen LogP contribution < -0.4 is 15.7 Å². The summed E-state index contributed by atoms with van der Waals surface area (Å²) in [6.45, 7) is 1.86. The molecule has 0 spiro atoms. The van der Waals surface area contributed by atoms with Crippen molar-refractivity contribution in [3.63, 3.8) is 0 Å². The maximum Gasteiger partial charge on any atom is 0.305 e. The second-order valence-electron chi connectivity index (χ2n) is 7.37. The minimum Gasteiger partial charge on any atom is -0.469 e. The first kappa shape index (κ1) is 23.9. The minimum absolute atomic E-state index is 0.0907. The van der Waals surface area contributed by atoms with Crippen molar-refractivity contribution in [2.24, 2.45) is 0 Å². The zero-order valence-electron chi connectivity index (χ0n) is 18.0. The lowest BCUT2D eigenvalue weighted by atomic mass is 10.2. The van der Waals surface area contributed by atoms with Gasteiger partial charge in [-0.25, -0.2) is 13.5 Å². The summed E-state index contributed by atoms with van der Waals surface area (Å²) in [5.41, 5.74) is 0.919. The number of nitrogens with one attached hydrogen (secondary N) is 1. The first-order chi connectivity index (χ1) is 15.3. The van der Waals surface area contributed by atoms with Gasteiger partial charge in [0.2, 0.25) is 7.29 Å². The Morgan fingerprint density at radius 2 is 1.41 bits per heavy atom. The number of hydrogen-bond donors (Lipinski definition) is 1. The molecule has 0 aliphatic carbocycles. The number of methoxy groups -OCH3 is 1. The van der Waals surface area contributed by atoms with Crippen LogP contribution in [0.25, 0.3) is 0 Å². The molecule has 32 heavy (non-hydrogen) atoms. The number of ether oxygens (including phenoxy) is 1. The monoisotopic (exact) mass is 471 g/mol. The van der Waals surface area contributed by atoms with Gasteiger partial charge in [0.1, 0.15) is 5.37 Å². The second kappa shape index (κ2) is 10.3. The molecular formula is C24H26NO5PS. The summed E-state index contributed by atoms with van der Waals surface area (Å²) >= 11 is 0. The van der Waals surface area contributed by atoms with E-state index in [-0.39, 0.29) is 17.7 Å². The van der Waals surface area contributed by atoms with Crippen LogP contribution in [-0.4, -0.2) is 26.9 Å². The molecule has 1 N–H and O–H groups in total. The highest BCUT2D eigenvalue weighted by molar-refractivity contribution is 7.92. The highest BCUT2D eigenvalue weighted by atomic mass is 32.2. The zero-order valence-corrected chi connectivity index (χ0v) is 19.7. The van der Waals surface area contributed by atoms with Gasteiger partial charge >= 0.3 is 5.97 Å². The first-order valence-electron chi connectivity index (χ1n) is 10.1. The Morgan fingerprint density at radius 3 is 1.88 bits per heavy atom. The molecule has 8 heteroatoms. The van der Waals surface area contributed by atoms with Crippen LogP contribution in [0.1, 0.15) is 18.4 Å². The summed E-state index contributed by atoms with van der Waals surface area (Å²) < 4.78 is 46.2. The quantitative estimate of drug-likeness (QED) is 0.379. The summed E-state index contributed by atoms with van der Waals surface area (Å²) in [6.07, 6.45) is -0.227. The molecule has 0 heterocycles. The van der Waals surface area contributed by atoms with Gasteiger partial charge in [0.05, 0.1) is 12.0 Å². The predicted octanol–water partition coefficient (Wildman–Crippen LogP) is 3.57. The van der Waals surface area contributed by atoms with E-state index in [0.29, 0.717) is 10.6 Å². The molecule has 1 unspecified atom stereocenters. The fourth-order valence-electron chi connectivity index (χ4n) is 3.31. The predicted molar refractivity (Wildman–Crippen MR) is 126 cm³/mol. The van der Waals surface area contributed by atoms with Crippen molar-refractivity contribution in [3.05, 3.63) is 90.5 Å². The fraction of sp³-hybridized carbons (Fsp3) is 0.208. The average molecular weight is 472 g/mol. The molecule has 0 amide bonds. The lowest BCUT2D eigenvalue weighted by Crippen LogP contribution is -2.40. The molecule has 0 aliphatic heterocycles. The molecule has 0 bridgehead atoms. The van der Waals surface area contributed by atoms with Crippen LogP contribution in [0.4, 0.5) is 0 Å². The van der Waals surface area contributed by atoms with Crippen LogP contribution >= 0.6 is 7.29 Å². The summed E-state index contributed by atoms with van der Waals surface area (Å²) in [5, 5.41) is 2.65. The van der Waals surface area contributed by atoms with E-state index in [1.165, 1.54) is 19.2 Å². The fourth-order valence-corrected chi connectivity index (χ4v) is 7.90. The Morgan fingerprint density at radius 1 is 0.906 bits per heavy atom. The second-order valence-corrected chi connectivity index (χ2v) is 12.0. The standard InChI is InChI=1S/C24H26NO5PS/c1-19-13-15-22(16-14-19)32(28,29)23(17-18-24(26)30-2)25-31(27,20-9-5-3-6-10-20)21-11-7-4-8-12-21/h3-16,23H,17-18H2,1-2H3,(H,25,27). The Hall–Kier alpha value is -2.73. The molecule has 0 saturated carbocycles. The summed E-state index contributed by atoms with van der Waals surface area (Å²) in [5.74, 6) is -0.537. The number of carbonyl (C=O) groups is 1. The van der Waals surface area contributed by atoms with E-state index in [1.807, 2.05) is 6.92 Å². The highest BCUT2D eigenvalue weighted by Crippen LogP contribution is 2.41. The minimum atomic E-state index is -3.96. The van der Waals surface area contributed by atoms with Crippen molar-refractivity contribution in [1.29, 1.82) is 0 Å². The van der Waals surface area contributed by atoms with Crippen molar-refractivity contribution >= 4 is 33.7 Å². The molecule has 0 aromatic heterocycles. The molecule has 6 nitrogen and oxygen atoms in total. The van der Waals surface area contributed by atoms with Crippen molar-refractivity contribution < 1.29 is 22.5 Å². The normalized spacial score (nSPS) is 12.8. The molecule has 3 rings (SSSR count). The molecule has 0 radical (unpaired) electrons. The molecule has 168 valence electrons. The Labute approximate surface area is 189 Å². The number of aryl methyl sites for hydroxylation is 1. The smallest absolute Gasteiger partial charge is 0.305 e. The average Bonchev–Trinajstić information content (AvgIpc) is 2.82. The molecular weight excluding hydrogens is 445 g/mol. The molecule has 0 fully saturated rings. The molecule has 1 atom stereocenters. The van der Waals surface area contributed by atoms with Crippen LogP contribution in [0, 0.1) is 6.92 Å². The van der Waals surface area contributed by atoms with Crippen LogP contribution in [0.5, 0.6) is 0 Å². The largest absolute Gasteiger partial charge is 0.469 e. The molecule has 0 aliphatic rings. The van der Waals surface area contributed by atoms with Crippen LogP contribution in [0.15, 0.2) is 89.8 Å². The van der Waals surface area contributed by atoms with Gasteiger partial charge in [-0.2, -0.15) is 0 Å². The van der Waals surface area contributed by atoms with Gasteiger partial charge in [-0.05, 0) is 49.7 Å². The third-order valence-electron chi connectivity index (χ3n) is 5.13. The van der Waals surface area contributed by atoms with E-state index in [0.717, 1.165) is 5.56 Å². The van der Waals surface area contributed by atoms with Gasteiger partial charge in [-0.15, -0.1) is 0 Å². The summed E-state index contributed by atoms with van der Waals surface area (Å²) in [7, 11) is -6.27. The van der Waals surface area contributed by atoms with Gasteiger partial charge < -0.3 is 4.74 Å². The van der Waals surface area contributed by atoms with Crippen molar-refractivity contribution in [1.82, 2.24) is 5.09 Å². The van der Waals surface area contributed by atoms with Crippen LogP contribution in [0.3, 0.4) is 0 Å². The van der Waals surface area contributed by atoms with Gasteiger partial charge in [0, 0.05) is 17.0 Å². The number of sulfone groups is 1. The van der Waals surface area contributed by atoms with Crippen molar-refractivity contribution in [2.75, 3.05) is 7.11 Å². The molecule has 3 aromatic carbocycles. The number of rotatable bonds is 9. The van der Waals surface area contributed by atoms with Gasteiger partial charge in [-0.3, -0.25) is 9.36 Å². The summed E-state index contributed by atoms with van der Waals surface area (Å²) in [4.78, 5) is 11.9. The highest BCUT2D eigenvalue weighted by Gasteiger charge is 2.37. The number of benzene rings is 3. The maximum atomic E-state index is 14.4. The van der Waals surface area contributed by atoms with Gasteiger partial charge in [0.15, 0.2) is 9.84 Å². The summed E-state index contributed by atoms with van der Waals surface area (Å²) in [6, 6.07) is 23.9. The van der Waals surface area contributed by atoms with Crippen molar-refractivity contribution in [3.8, 4) is 0 Å². The number of hydrogen-bond acceptors (Lipinski definition) is 5. The molecule has 3 aromatic rings. The Balaban J connectivity index is 2.09. The lowest BCUT2D eigenvalue weighted by Gasteiger charge is -2.27. The Bertz CT molecular complexity index is 1150. The first-order valence-corrected chi connectivity index (χ1v) is 13.4.